The molecular formula is C27H33BrN2O4. The summed E-state index contributed by atoms with van der Waals surface area (Å²) >= 11 is 3.44. The smallest absolute Gasteiger partial charge is 0.295 e. The number of Topliss-reactive ketones (excluding diaryl/α,β-unsaturated/α-hetero) is 1. The number of hydrogen-bond donors (Lipinski definition) is 1. The van der Waals surface area contributed by atoms with Crippen LogP contribution in [0.15, 0.2) is 52.5 Å². The molecule has 2 aromatic carbocycles. The van der Waals surface area contributed by atoms with Crippen molar-refractivity contribution in [2.45, 2.75) is 39.2 Å². The first-order valence-corrected chi connectivity index (χ1v) is 12.5. The monoisotopic (exact) mass is 528 g/mol. The highest BCUT2D eigenvalue weighted by atomic mass is 79.9. The van der Waals surface area contributed by atoms with Gasteiger partial charge in [0.05, 0.1) is 18.2 Å². The standard InChI is InChI=1S/C27H33BrN2O4/c1-5-6-16-34-22-13-10-20(17-18(22)2)25(31)23-24(19-8-11-21(28)12-9-19)30(27(33)26(23)32)15-7-14-29(3)4/h8-13,17,24,31H,5-7,14-16H2,1-4H3/b25-23+. The second-order valence-corrected chi connectivity index (χ2v) is 9.80. The number of unbranched alkanes of at least 4 members (excludes halogenated alkanes) is 1. The van der Waals surface area contributed by atoms with Crippen LogP contribution in [0.1, 0.15) is 48.9 Å². The molecule has 1 fully saturated rings. The number of carbonyl (C=O) groups is 2. The molecule has 0 spiro atoms. The van der Waals surface area contributed by atoms with Gasteiger partial charge >= 0.3 is 0 Å². The fourth-order valence-electron chi connectivity index (χ4n) is 4.10. The van der Waals surface area contributed by atoms with Crippen LogP contribution in [0.4, 0.5) is 0 Å². The number of benzene rings is 2. The highest BCUT2D eigenvalue weighted by molar-refractivity contribution is 9.10. The first kappa shape index (κ1) is 26.0. The summed E-state index contributed by atoms with van der Waals surface area (Å²) in [6.45, 7) is 5.85. The Morgan fingerprint density at radius 2 is 1.82 bits per heavy atom. The fourth-order valence-corrected chi connectivity index (χ4v) is 4.36. The lowest BCUT2D eigenvalue weighted by molar-refractivity contribution is -0.139. The highest BCUT2D eigenvalue weighted by Gasteiger charge is 2.45. The van der Waals surface area contributed by atoms with E-state index in [9.17, 15) is 14.7 Å². The Balaban J connectivity index is 2.02. The van der Waals surface area contributed by atoms with Gasteiger partial charge in [-0.25, -0.2) is 0 Å². The van der Waals surface area contributed by atoms with Crippen LogP contribution in [0.3, 0.4) is 0 Å². The molecular weight excluding hydrogens is 496 g/mol. The molecule has 0 radical (unpaired) electrons. The van der Waals surface area contributed by atoms with Gasteiger partial charge in [-0.15, -0.1) is 0 Å². The van der Waals surface area contributed by atoms with Crippen molar-refractivity contribution < 1.29 is 19.4 Å². The Hall–Kier alpha value is -2.64. The fraction of sp³-hybridized carbons (Fsp3) is 0.407. The number of aryl methyl sites for hydroxylation is 1. The van der Waals surface area contributed by atoms with Gasteiger partial charge in [0.15, 0.2) is 0 Å². The number of rotatable bonds is 10. The van der Waals surface area contributed by atoms with Crippen LogP contribution in [0.5, 0.6) is 5.75 Å². The molecule has 1 atom stereocenters. The Labute approximate surface area is 210 Å². The average molecular weight is 529 g/mol. The van der Waals surface area contributed by atoms with E-state index in [2.05, 4.69) is 22.9 Å². The van der Waals surface area contributed by atoms with Crippen molar-refractivity contribution in [3.05, 3.63) is 69.2 Å². The third kappa shape index (κ3) is 5.88. The normalized spacial score (nSPS) is 17.6. The number of amides is 1. The van der Waals surface area contributed by atoms with E-state index in [1.807, 2.05) is 56.3 Å². The second kappa shape index (κ2) is 11.7. The lowest BCUT2D eigenvalue weighted by Gasteiger charge is -2.26. The highest BCUT2D eigenvalue weighted by Crippen LogP contribution is 2.40. The molecule has 1 heterocycles. The van der Waals surface area contributed by atoms with E-state index >= 15 is 0 Å². The summed E-state index contributed by atoms with van der Waals surface area (Å²) in [7, 11) is 3.94. The van der Waals surface area contributed by atoms with Crippen LogP contribution < -0.4 is 4.74 Å². The Kier molecular flexibility index (Phi) is 8.91. The molecule has 1 aliphatic rings. The van der Waals surface area contributed by atoms with Crippen molar-refractivity contribution in [1.82, 2.24) is 9.80 Å². The molecule has 0 saturated carbocycles. The Morgan fingerprint density at radius 3 is 2.44 bits per heavy atom. The zero-order valence-electron chi connectivity index (χ0n) is 20.3. The maximum absolute atomic E-state index is 13.2. The molecule has 1 amide bonds. The molecule has 0 bridgehead atoms. The summed E-state index contributed by atoms with van der Waals surface area (Å²) in [5, 5.41) is 11.3. The van der Waals surface area contributed by atoms with Gasteiger partial charge in [0.2, 0.25) is 0 Å². The van der Waals surface area contributed by atoms with Gasteiger partial charge < -0.3 is 19.6 Å². The molecule has 0 aliphatic carbocycles. The Bertz CT molecular complexity index is 1060. The van der Waals surface area contributed by atoms with E-state index in [0.29, 0.717) is 18.7 Å². The van der Waals surface area contributed by atoms with Crippen molar-refractivity contribution in [3.63, 3.8) is 0 Å². The number of hydrogen-bond acceptors (Lipinski definition) is 5. The van der Waals surface area contributed by atoms with Crippen molar-refractivity contribution >= 4 is 33.4 Å². The number of likely N-dealkylation sites (tertiary alicyclic amines) is 1. The minimum Gasteiger partial charge on any atom is -0.507 e. The zero-order valence-corrected chi connectivity index (χ0v) is 21.9. The van der Waals surface area contributed by atoms with E-state index in [-0.39, 0.29) is 11.3 Å². The van der Waals surface area contributed by atoms with Gasteiger partial charge in [-0.05, 0) is 81.9 Å². The minimum absolute atomic E-state index is 0.122. The first-order chi connectivity index (χ1) is 16.2. The summed E-state index contributed by atoms with van der Waals surface area (Å²) in [4.78, 5) is 29.8. The molecule has 1 saturated heterocycles. The SMILES string of the molecule is CCCCOc1ccc(/C(O)=C2\C(=O)C(=O)N(CCCN(C)C)C2c2ccc(Br)cc2)cc1C. The van der Waals surface area contributed by atoms with Gasteiger partial charge in [-0.3, -0.25) is 9.59 Å². The number of ketones is 1. The van der Waals surface area contributed by atoms with Crippen LogP contribution in [0.2, 0.25) is 0 Å². The van der Waals surface area contributed by atoms with E-state index in [0.717, 1.165) is 47.2 Å². The molecule has 2 aromatic rings. The van der Waals surface area contributed by atoms with Gasteiger partial charge in [-0.1, -0.05) is 41.4 Å². The van der Waals surface area contributed by atoms with Crippen molar-refractivity contribution in [2.75, 3.05) is 33.8 Å². The largest absolute Gasteiger partial charge is 0.507 e. The third-order valence-electron chi connectivity index (χ3n) is 5.93. The van der Waals surface area contributed by atoms with E-state index < -0.39 is 17.7 Å². The van der Waals surface area contributed by atoms with Gasteiger partial charge in [0.1, 0.15) is 11.5 Å². The van der Waals surface area contributed by atoms with E-state index in [1.165, 1.54) is 0 Å². The molecule has 6 nitrogen and oxygen atoms in total. The minimum atomic E-state index is -0.656. The van der Waals surface area contributed by atoms with Crippen molar-refractivity contribution in [2.24, 2.45) is 0 Å². The molecule has 7 heteroatoms. The molecule has 0 aromatic heterocycles. The van der Waals surface area contributed by atoms with E-state index in [4.69, 9.17) is 4.74 Å². The van der Waals surface area contributed by atoms with Gasteiger partial charge in [0.25, 0.3) is 11.7 Å². The summed E-state index contributed by atoms with van der Waals surface area (Å²) in [5.74, 6) is -0.649. The number of ether oxygens (including phenoxy) is 1. The topological polar surface area (TPSA) is 70.1 Å². The second-order valence-electron chi connectivity index (χ2n) is 8.88. The van der Waals surface area contributed by atoms with Crippen LogP contribution >= 0.6 is 15.9 Å². The molecule has 1 aliphatic heterocycles. The molecule has 34 heavy (non-hydrogen) atoms. The number of aliphatic hydroxyl groups is 1. The lowest BCUT2D eigenvalue weighted by Crippen LogP contribution is -2.32. The quantitative estimate of drug-likeness (QED) is 0.196. The summed E-state index contributed by atoms with van der Waals surface area (Å²) in [6.07, 6.45) is 2.73. The molecule has 1 unspecified atom stereocenters. The maximum atomic E-state index is 13.2. The van der Waals surface area contributed by atoms with Crippen molar-refractivity contribution in [3.8, 4) is 5.75 Å². The number of nitrogens with zero attached hydrogens (tertiary/aromatic N) is 2. The summed E-state index contributed by atoms with van der Waals surface area (Å²) in [5.41, 5.74) is 2.26. The predicted molar refractivity (Wildman–Crippen MR) is 138 cm³/mol. The number of carbonyl (C=O) groups excluding carboxylic acids is 2. The molecule has 182 valence electrons. The van der Waals surface area contributed by atoms with Crippen LogP contribution in [0.25, 0.3) is 5.76 Å². The molecule has 1 N–H and O–H groups in total. The average Bonchev–Trinajstić information content (AvgIpc) is 3.05. The zero-order chi connectivity index (χ0) is 24.8. The van der Waals surface area contributed by atoms with Gasteiger partial charge in [-0.2, -0.15) is 0 Å². The number of halogens is 1. The predicted octanol–water partition coefficient (Wildman–Crippen LogP) is 5.31. The van der Waals surface area contributed by atoms with Crippen LogP contribution in [-0.4, -0.2) is 60.4 Å². The van der Waals surface area contributed by atoms with Gasteiger partial charge in [0, 0.05) is 16.6 Å². The summed E-state index contributed by atoms with van der Waals surface area (Å²) in [6, 6.07) is 12.2. The molecule has 3 rings (SSSR count). The van der Waals surface area contributed by atoms with Crippen LogP contribution in [0, 0.1) is 6.92 Å². The summed E-state index contributed by atoms with van der Waals surface area (Å²) < 4.78 is 6.72. The first-order valence-electron chi connectivity index (χ1n) is 11.7. The number of aliphatic hydroxyl groups excluding tert-OH is 1. The maximum Gasteiger partial charge on any atom is 0.295 e. The Morgan fingerprint density at radius 1 is 1.12 bits per heavy atom. The lowest BCUT2D eigenvalue weighted by atomic mass is 9.94. The third-order valence-corrected chi connectivity index (χ3v) is 6.46. The van der Waals surface area contributed by atoms with E-state index in [1.54, 1.807) is 17.0 Å². The van der Waals surface area contributed by atoms with Crippen LogP contribution in [-0.2, 0) is 9.59 Å². The van der Waals surface area contributed by atoms with Crippen molar-refractivity contribution in [1.29, 1.82) is 0 Å².